The summed E-state index contributed by atoms with van der Waals surface area (Å²) in [6, 6.07) is 15.9. The summed E-state index contributed by atoms with van der Waals surface area (Å²) in [4.78, 5) is 14.7. The minimum absolute atomic E-state index is 0.00806. The van der Waals surface area contributed by atoms with Crippen LogP contribution in [0, 0.1) is 0 Å². The van der Waals surface area contributed by atoms with Crippen LogP contribution < -0.4 is 10.1 Å². The Balaban J connectivity index is 1.47. The topological polar surface area (TPSA) is 50.8 Å². The van der Waals surface area contributed by atoms with Gasteiger partial charge in [0, 0.05) is 25.3 Å². The van der Waals surface area contributed by atoms with Crippen LogP contribution in [0.15, 0.2) is 48.5 Å². The molecule has 3 rings (SSSR count). The monoisotopic (exact) mass is 396 g/mol. The third-order valence-electron chi connectivity index (χ3n) is 5.11. The van der Waals surface area contributed by atoms with Gasteiger partial charge < -0.3 is 14.8 Å². The maximum absolute atomic E-state index is 12.3. The average molecular weight is 397 g/mol. The maximum Gasteiger partial charge on any atom is 0.262 e. The molecule has 29 heavy (non-hydrogen) atoms. The van der Waals surface area contributed by atoms with Gasteiger partial charge in [-0.3, -0.25) is 9.69 Å². The zero-order valence-electron chi connectivity index (χ0n) is 17.7. The smallest absolute Gasteiger partial charge is 0.262 e. The van der Waals surface area contributed by atoms with E-state index < -0.39 is 0 Å². The molecule has 1 aliphatic rings. The normalized spacial score (nSPS) is 15.1. The molecule has 0 bridgehead atoms. The molecule has 5 nitrogen and oxygen atoms in total. The minimum atomic E-state index is -0.158. The van der Waals surface area contributed by atoms with Crippen LogP contribution in [0.2, 0.25) is 0 Å². The Morgan fingerprint density at radius 3 is 2.45 bits per heavy atom. The molecule has 0 saturated carbocycles. The summed E-state index contributed by atoms with van der Waals surface area (Å²) in [5, 5.41) is 2.91. The van der Waals surface area contributed by atoms with E-state index >= 15 is 0 Å². The lowest BCUT2D eigenvalue weighted by Crippen LogP contribution is -2.37. The van der Waals surface area contributed by atoms with Crippen LogP contribution in [-0.2, 0) is 21.4 Å². The van der Waals surface area contributed by atoms with Crippen LogP contribution in [0.5, 0.6) is 5.75 Å². The van der Waals surface area contributed by atoms with Crippen LogP contribution in [0.25, 0.3) is 0 Å². The van der Waals surface area contributed by atoms with E-state index in [9.17, 15) is 4.79 Å². The molecular weight excluding hydrogens is 364 g/mol. The van der Waals surface area contributed by atoms with Gasteiger partial charge in [-0.1, -0.05) is 51.1 Å². The Labute approximate surface area is 174 Å². The number of hydrogen-bond acceptors (Lipinski definition) is 4. The molecule has 0 spiro atoms. The number of benzene rings is 2. The van der Waals surface area contributed by atoms with Gasteiger partial charge in [0.25, 0.3) is 5.91 Å². The second-order valence-electron chi connectivity index (χ2n) is 8.48. The number of hydrogen-bond donors (Lipinski definition) is 1. The van der Waals surface area contributed by atoms with E-state index in [1.807, 2.05) is 36.4 Å². The van der Waals surface area contributed by atoms with Crippen LogP contribution in [0.3, 0.4) is 0 Å². The van der Waals surface area contributed by atoms with E-state index in [1.54, 1.807) is 0 Å². The SMILES string of the molecule is CC(C)(C)c1ccccc1OCC(=O)Nc1ccc(CCN2CCOCC2)cc1. The predicted octanol–water partition coefficient (Wildman–Crippen LogP) is 3.88. The number of rotatable bonds is 7. The quantitative estimate of drug-likeness (QED) is 0.772. The molecule has 0 aromatic heterocycles. The number of carbonyl (C=O) groups excluding carboxylic acids is 1. The Bertz CT molecular complexity index is 791. The highest BCUT2D eigenvalue weighted by molar-refractivity contribution is 5.91. The van der Waals surface area contributed by atoms with Crippen LogP contribution >= 0.6 is 0 Å². The molecule has 2 aromatic carbocycles. The van der Waals surface area contributed by atoms with Crippen molar-refractivity contribution in [3.63, 3.8) is 0 Å². The summed E-state index contributed by atoms with van der Waals surface area (Å²) >= 11 is 0. The molecule has 156 valence electrons. The van der Waals surface area contributed by atoms with E-state index in [2.05, 4.69) is 43.1 Å². The highest BCUT2D eigenvalue weighted by Crippen LogP contribution is 2.30. The fourth-order valence-corrected chi connectivity index (χ4v) is 3.42. The average Bonchev–Trinajstić information content (AvgIpc) is 2.72. The first-order valence-electron chi connectivity index (χ1n) is 10.3. The number of amides is 1. The summed E-state index contributed by atoms with van der Waals surface area (Å²) in [5.74, 6) is 0.600. The number of nitrogens with one attached hydrogen (secondary N) is 1. The van der Waals surface area contributed by atoms with Crippen molar-refractivity contribution in [2.24, 2.45) is 0 Å². The Morgan fingerprint density at radius 2 is 1.76 bits per heavy atom. The van der Waals surface area contributed by atoms with Crippen LogP contribution in [0.4, 0.5) is 5.69 Å². The van der Waals surface area contributed by atoms with E-state index in [0.717, 1.165) is 56.3 Å². The lowest BCUT2D eigenvalue weighted by Gasteiger charge is -2.26. The fraction of sp³-hybridized carbons (Fsp3) is 0.458. The molecule has 1 N–H and O–H groups in total. The number of morpholine rings is 1. The van der Waals surface area contributed by atoms with Gasteiger partial charge in [0.1, 0.15) is 5.75 Å². The lowest BCUT2D eigenvalue weighted by atomic mass is 9.86. The second-order valence-corrected chi connectivity index (χ2v) is 8.48. The van der Waals surface area contributed by atoms with Crippen molar-refractivity contribution in [3.8, 4) is 5.75 Å². The summed E-state index contributed by atoms with van der Waals surface area (Å²) in [6.45, 7) is 11.1. The highest BCUT2D eigenvalue weighted by Gasteiger charge is 2.19. The van der Waals surface area contributed by atoms with Crippen molar-refractivity contribution in [3.05, 3.63) is 59.7 Å². The van der Waals surface area contributed by atoms with Gasteiger partial charge in [0.15, 0.2) is 6.61 Å². The van der Waals surface area contributed by atoms with Crippen molar-refractivity contribution in [1.82, 2.24) is 4.90 Å². The molecular formula is C24H32N2O3. The second kappa shape index (κ2) is 9.90. The van der Waals surface area contributed by atoms with E-state index in [4.69, 9.17) is 9.47 Å². The Morgan fingerprint density at radius 1 is 1.07 bits per heavy atom. The van der Waals surface area contributed by atoms with Gasteiger partial charge in [-0.25, -0.2) is 0 Å². The maximum atomic E-state index is 12.3. The first-order valence-corrected chi connectivity index (χ1v) is 10.3. The van der Waals surface area contributed by atoms with E-state index in [1.165, 1.54) is 5.56 Å². The Kier molecular flexibility index (Phi) is 7.29. The molecule has 1 saturated heterocycles. The number of carbonyl (C=O) groups is 1. The molecule has 1 aliphatic heterocycles. The number of ether oxygens (including phenoxy) is 2. The highest BCUT2D eigenvalue weighted by atomic mass is 16.5. The minimum Gasteiger partial charge on any atom is -0.483 e. The molecule has 2 aromatic rings. The van der Waals surface area contributed by atoms with Crippen molar-refractivity contribution >= 4 is 11.6 Å². The first-order chi connectivity index (χ1) is 13.9. The molecule has 1 amide bonds. The van der Waals surface area contributed by atoms with Gasteiger partial charge in [0.2, 0.25) is 0 Å². The van der Waals surface area contributed by atoms with Crippen LogP contribution in [-0.4, -0.2) is 50.3 Å². The van der Waals surface area contributed by atoms with E-state index in [0.29, 0.717) is 0 Å². The number of para-hydroxylation sites is 1. The van der Waals surface area contributed by atoms with Gasteiger partial charge in [-0.05, 0) is 41.2 Å². The van der Waals surface area contributed by atoms with Crippen molar-refractivity contribution in [2.45, 2.75) is 32.6 Å². The molecule has 0 aliphatic carbocycles. The lowest BCUT2D eigenvalue weighted by molar-refractivity contribution is -0.118. The van der Waals surface area contributed by atoms with Crippen molar-refractivity contribution < 1.29 is 14.3 Å². The number of anilines is 1. The molecule has 0 unspecified atom stereocenters. The third-order valence-corrected chi connectivity index (χ3v) is 5.11. The van der Waals surface area contributed by atoms with Gasteiger partial charge >= 0.3 is 0 Å². The third kappa shape index (κ3) is 6.58. The van der Waals surface area contributed by atoms with Crippen LogP contribution in [0.1, 0.15) is 31.9 Å². The standard InChI is InChI=1S/C24H32N2O3/c1-24(2,3)21-6-4-5-7-22(21)29-18-23(27)25-20-10-8-19(9-11-20)12-13-26-14-16-28-17-15-26/h4-11H,12-18H2,1-3H3,(H,25,27). The number of nitrogens with zero attached hydrogens (tertiary/aromatic N) is 1. The summed E-state index contributed by atoms with van der Waals surface area (Å²) < 4.78 is 11.2. The summed E-state index contributed by atoms with van der Waals surface area (Å²) in [7, 11) is 0. The molecule has 1 fully saturated rings. The largest absolute Gasteiger partial charge is 0.483 e. The molecule has 0 atom stereocenters. The van der Waals surface area contributed by atoms with Gasteiger partial charge in [0.05, 0.1) is 13.2 Å². The van der Waals surface area contributed by atoms with Crippen molar-refractivity contribution in [2.75, 3.05) is 44.8 Å². The zero-order valence-corrected chi connectivity index (χ0v) is 17.7. The van der Waals surface area contributed by atoms with Gasteiger partial charge in [-0.2, -0.15) is 0 Å². The molecule has 5 heteroatoms. The summed E-state index contributed by atoms with van der Waals surface area (Å²) in [5.41, 5.74) is 3.12. The predicted molar refractivity (Wildman–Crippen MR) is 117 cm³/mol. The first kappa shape index (κ1) is 21.3. The van der Waals surface area contributed by atoms with Gasteiger partial charge in [-0.15, -0.1) is 0 Å². The Hall–Kier alpha value is -2.37. The summed E-state index contributed by atoms with van der Waals surface area (Å²) in [6.07, 6.45) is 1.00. The van der Waals surface area contributed by atoms with E-state index in [-0.39, 0.29) is 17.9 Å². The molecule has 0 radical (unpaired) electrons. The molecule has 1 heterocycles. The fourth-order valence-electron chi connectivity index (χ4n) is 3.42. The van der Waals surface area contributed by atoms with Crippen molar-refractivity contribution in [1.29, 1.82) is 0 Å². The zero-order chi connectivity index (χ0) is 20.7.